The molecule has 0 spiro atoms. The predicted molar refractivity (Wildman–Crippen MR) is 50.6 cm³/mol. The number of Topliss-reactive ketones (excluding diaryl/α,β-unsaturated/α-hetero) is 1. The van der Waals surface area contributed by atoms with Gasteiger partial charge in [-0.2, -0.15) is 0 Å². The van der Waals surface area contributed by atoms with E-state index >= 15 is 0 Å². The summed E-state index contributed by atoms with van der Waals surface area (Å²) in [5, 5.41) is 0. The van der Waals surface area contributed by atoms with Crippen LogP contribution in [0.4, 0.5) is 0 Å². The van der Waals surface area contributed by atoms with Crippen molar-refractivity contribution in [3.63, 3.8) is 0 Å². The lowest BCUT2D eigenvalue weighted by Gasteiger charge is -2.29. The molecule has 0 saturated heterocycles. The zero-order chi connectivity index (χ0) is 10.2. The van der Waals surface area contributed by atoms with Crippen molar-refractivity contribution in [3.05, 3.63) is 0 Å². The van der Waals surface area contributed by atoms with E-state index in [-0.39, 0.29) is 17.3 Å². The van der Waals surface area contributed by atoms with E-state index in [9.17, 15) is 9.59 Å². The molecule has 2 bridgehead atoms. The number of rotatable bonds is 2. The van der Waals surface area contributed by atoms with E-state index in [1.165, 1.54) is 0 Å². The van der Waals surface area contributed by atoms with Crippen molar-refractivity contribution in [2.45, 2.75) is 39.0 Å². The molecule has 14 heavy (non-hydrogen) atoms. The highest BCUT2D eigenvalue weighted by molar-refractivity contribution is 5.87. The van der Waals surface area contributed by atoms with Crippen molar-refractivity contribution in [3.8, 4) is 0 Å². The molecule has 2 aliphatic carbocycles. The van der Waals surface area contributed by atoms with E-state index in [0.29, 0.717) is 25.2 Å². The Morgan fingerprint density at radius 3 is 3.07 bits per heavy atom. The molecule has 0 amide bonds. The van der Waals surface area contributed by atoms with Gasteiger partial charge < -0.3 is 4.74 Å². The van der Waals surface area contributed by atoms with Gasteiger partial charge in [-0.25, -0.2) is 0 Å². The van der Waals surface area contributed by atoms with Crippen molar-refractivity contribution in [1.82, 2.24) is 0 Å². The summed E-state index contributed by atoms with van der Waals surface area (Å²) in [6.45, 7) is 2.27. The van der Waals surface area contributed by atoms with Crippen LogP contribution < -0.4 is 0 Å². The van der Waals surface area contributed by atoms with Crippen molar-refractivity contribution >= 4 is 11.8 Å². The maximum Gasteiger partial charge on any atom is 0.312 e. The number of carbonyl (C=O) groups is 2. The van der Waals surface area contributed by atoms with E-state index < -0.39 is 0 Å². The fourth-order valence-electron chi connectivity index (χ4n) is 2.77. The lowest BCUT2D eigenvalue weighted by atomic mass is 9.75. The Morgan fingerprint density at radius 1 is 1.57 bits per heavy atom. The maximum atomic E-state index is 11.8. The van der Waals surface area contributed by atoms with Crippen LogP contribution in [0, 0.1) is 11.3 Å². The van der Waals surface area contributed by atoms with Crippen LogP contribution in [-0.4, -0.2) is 18.4 Å². The van der Waals surface area contributed by atoms with E-state index in [2.05, 4.69) is 0 Å². The third-order valence-electron chi connectivity index (χ3n) is 3.62. The van der Waals surface area contributed by atoms with Gasteiger partial charge >= 0.3 is 5.97 Å². The van der Waals surface area contributed by atoms with Gasteiger partial charge in [-0.3, -0.25) is 9.59 Å². The topological polar surface area (TPSA) is 43.4 Å². The minimum Gasteiger partial charge on any atom is -0.466 e. The van der Waals surface area contributed by atoms with Crippen LogP contribution in [0.1, 0.15) is 39.0 Å². The Labute approximate surface area is 83.8 Å². The Bertz CT molecular complexity index is 272. The van der Waals surface area contributed by atoms with Crippen LogP contribution in [0.2, 0.25) is 0 Å². The quantitative estimate of drug-likeness (QED) is 0.631. The molecule has 2 saturated carbocycles. The van der Waals surface area contributed by atoms with Crippen LogP contribution in [0.5, 0.6) is 0 Å². The monoisotopic (exact) mass is 196 g/mol. The molecule has 2 fully saturated rings. The normalized spacial score (nSPS) is 35.8. The number of esters is 1. The average molecular weight is 196 g/mol. The Morgan fingerprint density at radius 2 is 2.36 bits per heavy atom. The molecule has 3 heteroatoms. The van der Waals surface area contributed by atoms with E-state index in [1.807, 2.05) is 6.92 Å². The number of carbonyl (C=O) groups excluding carboxylic acids is 2. The molecular formula is C11H16O3. The van der Waals surface area contributed by atoms with Crippen molar-refractivity contribution in [2.75, 3.05) is 6.61 Å². The van der Waals surface area contributed by atoms with E-state index in [1.54, 1.807) is 0 Å². The van der Waals surface area contributed by atoms with E-state index in [4.69, 9.17) is 4.74 Å². The minimum absolute atomic E-state index is 0.0741. The predicted octanol–water partition coefficient (Wildman–Crippen LogP) is 1.70. The number of fused-ring (bicyclic) bond motifs is 2. The van der Waals surface area contributed by atoms with Gasteiger partial charge in [-0.1, -0.05) is 0 Å². The highest BCUT2D eigenvalue weighted by Gasteiger charge is 2.51. The van der Waals surface area contributed by atoms with Crippen LogP contribution in [-0.2, 0) is 14.3 Å². The molecular weight excluding hydrogens is 180 g/mol. The Kier molecular flexibility index (Phi) is 2.33. The summed E-state index contributed by atoms with van der Waals surface area (Å²) in [6.07, 6.45) is 3.76. The molecule has 0 N–H and O–H groups in total. The van der Waals surface area contributed by atoms with Crippen molar-refractivity contribution < 1.29 is 14.3 Å². The molecule has 2 rings (SSSR count). The summed E-state index contributed by atoms with van der Waals surface area (Å²) >= 11 is 0. The first kappa shape index (κ1) is 9.69. The molecule has 2 unspecified atom stereocenters. The third kappa shape index (κ3) is 1.35. The van der Waals surface area contributed by atoms with Crippen LogP contribution >= 0.6 is 0 Å². The second kappa shape index (κ2) is 3.37. The Balaban J connectivity index is 2.11. The summed E-state index contributed by atoms with van der Waals surface area (Å²) in [5.41, 5.74) is -0.297. The Hall–Kier alpha value is -0.860. The largest absolute Gasteiger partial charge is 0.466 e. The second-order valence-electron chi connectivity index (χ2n) is 4.41. The average Bonchev–Trinajstić information content (AvgIpc) is 2.54. The van der Waals surface area contributed by atoms with Crippen LogP contribution in [0.25, 0.3) is 0 Å². The second-order valence-corrected chi connectivity index (χ2v) is 4.41. The van der Waals surface area contributed by atoms with Crippen molar-refractivity contribution in [2.24, 2.45) is 11.3 Å². The standard InChI is InChI=1S/C11H16O3/c1-2-14-10(13)11-5-3-8(7-11)9(12)4-6-11/h8H,2-7H2,1H3. The zero-order valence-corrected chi connectivity index (χ0v) is 8.54. The van der Waals surface area contributed by atoms with Crippen LogP contribution in [0.15, 0.2) is 0 Å². The highest BCUT2D eigenvalue weighted by atomic mass is 16.5. The fourth-order valence-corrected chi connectivity index (χ4v) is 2.77. The molecule has 3 nitrogen and oxygen atoms in total. The molecule has 0 aliphatic heterocycles. The first-order valence-electron chi connectivity index (χ1n) is 5.38. The number of ketones is 1. The molecule has 0 aromatic carbocycles. The molecule has 0 radical (unpaired) electrons. The third-order valence-corrected chi connectivity index (χ3v) is 3.62. The van der Waals surface area contributed by atoms with Gasteiger partial charge in [0.1, 0.15) is 5.78 Å². The lowest BCUT2D eigenvalue weighted by Crippen LogP contribution is -2.35. The first-order chi connectivity index (χ1) is 6.68. The molecule has 0 aromatic rings. The van der Waals surface area contributed by atoms with Crippen molar-refractivity contribution in [1.29, 1.82) is 0 Å². The smallest absolute Gasteiger partial charge is 0.312 e. The number of hydrogen-bond donors (Lipinski definition) is 0. The van der Waals surface area contributed by atoms with Gasteiger partial charge in [0.2, 0.25) is 0 Å². The maximum absolute atomic E-state index is 11.8. The van der Waals surface area contributed by atoms with Gasteiger partial charge in [0.25, 0.3) is 0 Å². The van der Waals surface area contributed by atoms with E-state index in [0.717, 1.165) is 19.3 Å². The summed E-state index contributed by atoms with van der Waals surface area (Å²) in [4.78, 5) is 23.2. The van der Waals surface area contributed by atoms with Gasteiger partial charge in [-0.05, 0) is 32.6 Å². The molecule has 0 aromatic heterocycles. The summed E-state index contributed by atoms with van der Waals surface area (Å²) < 4.78 is 5.09. The van der Waals surface area contributed by atoms with Gasteiger partial charge in [0.15, 0.2) is 0 Å². The number of ether oxygens (including phenoxy) is 1. The molecule has 2 atom stereocenters. The number of hydrogen-bond acceptors (Lipinski definition) is 3. The zero-order valence-electron chi connectivity index (χ0n) is 8.54. The van der Waals surface area contributed by atoms with Gasteiger partial charge in [0, 0.05) is 12.3 Å². The fraction of sp³-hybridized carbons (Fsp3) is 0.818. The summed E-state index contributed by atoms with van der Waals surface area (Å²) in [7, 11) is 0. The van der Waals surface area contributed by atoms with Gasteiger partial charge in [0.05, 0.1) is 12.0 Å². The molecule has 78 valence electrons. The van der Waals surface area contributed by atoms with Crippen LogP contribution in [0.3, 0.4) is 0 Å². The first-order valence-corrected chi connectivity index (χ1v) is 5.38. The highest BCUT2D eigenvalue weighted by Crippen LogP contribution is 2.50. The summed E-state index contributed by atoms with van der Waals surface area (Å²) in [6, 6.07) is 0. The molecule has 2 aliphatic rings. The minimum atomic E-state index is -0.297. The summed E-state index contributed by atoms with van der Waals surface area (Å²) in [5.74, 6) is 0.422. The lowest BCUT2D eigenvalue weighted by molar-refractivity contribution is -0.157. The SMILES string of the molecule is CCOC(=O)C12CCC(=O)C(CC1)C2. The molecule has 0 heterocycles. The van der Waals surface area contributed by atoms with Gasteiger partial charge in [-0.15, -0.1) is 0 Å².